The SMILES string of the molecule is CCc1cccc(CC)c1NC(=O)COc1c(OC)cccc1C(N)=O. The van der Waals surface area contributed by atoms with E-state index in [-0.39, 0.29) is 23.8 Å². The maximum Gasteiger partial charge on any atom is 0.262 e. The molecule has 0 unspecified atom stereocenters. The van der Waals surface area contributed by atoms with Crippen LogP contribution in [0.25, 0.3) is 0 Å². The maximum atomic E-state index is 12.4. The molecule has 2 aromatic rings. The first kappa shape index (κ1) is 19.3. The molecule has 3 N–H and O–H groups in total. The zero-order chi connectivity index (χ0) is 19.1. The lowest BCUT2D eigenvalue weighted by Crippen LogP contribution is -2.23. The predicted molar refractivity (Wildman–Crippen MR) is 101 cm³/mol. The number of nitrogens with one attached hydrogen (secondary N) is 1. The zero-order valence-electron chi connectivity index (χ0n) is 15.3. The lowest BCUT2D eigenvalue weighted by Gasteiger charge is -2.16. The Morgan fingerprint density at radius 1 is 1.04 bits per heavy atom. The van der Waals surface area contributed by atoms with Crippen LogP contribution in [0.1, 0.15) is 35.3 Å². The molecule has 0 atom stereocenters. The van der Waals surface area contributed by atoms with E-state index in [2.05, 4.69) is 5.32 Å². The summed E-state index contributed by atoms with van der Waals surface area (Å²) in [6.45, 7) is 3.81. The van der Waals surface area contributed by atoms with E-state index in [1.54, 1.807) is 12.1 Å². The number of hydrogen-bond acceptors (Lipinski definition) is 4. The average molecular weight is 356 g/mol. The van der Waals surface area contributed by atoms with Gasteiger partial charge in [0.15, 0.2) is 18.1 Å². The van der Waals surface area contributed by atoms with Gasteiger partial charge in [-0.3, -0.25) is 9.59 Å². The van der Waals surface area contributed by atoms with Crippen molar-refractivity contribution >= 4 is 17.5 Å². The van der Waals surface area contributed by atoms with Crippen LogP contribution in [0.15, 0.2) is 36.4 Å². The van der Waals surface area contributed by atoms with Gasteiger partial charge in [0.2, 0.25) is 0 Å². The number of rotatable bonds is 8. The van der Waals surface area contributed by atoms with Gasteiger partial charge >= 0.3 is 0 Å². The topological polar surface area (TPSA) is 90.7 Å². The first-order valence-electron chi connectivity index (χ1n) is 8.52. The van der Waals surface area contributed by atoms with E-state index in [1.807, 2.05) is 32.0 Å². The Hall–Kier alpha value is -3.02. The summed E-state index contributed by atoms with van der Waals surface area (Å²) in [6.07, 6.45) is 1.62. The molecule has 0 aromatic heterocycles. The molecule has 0 aliphatic carbocycles. The molecule has 26 heavy (non-hydrogen) atoms. The molecule has 0 heterocycles. The van der Waals surface area contributed by atoms with E-state index in [1.165, 1.54) is 13.2 Å². The lowest BCUT2D eigenvalue weighted by atomic mass is 10.0. The normalized spacial score (nSPS) is 10.3. The molecule has 0 saturated carbocycles. The number of aryl methyl sites for hydroxylation is 2. The molecular weight excluding hydrogens is 332 g/mol. The third-order valence-corrected chi connectivity index (χ3v) is 4.08. The second kappa shape index (κ2) is 8.89. The Balaban J connectivity index is 2.17. The number of para-hydroxylation sites is 2. The van der Waals surface area contributed by atoms with Gasteiger partial charge in [-0.25, -0.2) is 0 Å². The van der Waals surface area contributed by atoms with Crippen LogP contribution >= 0.6 is 0 Å². The lowest BCUT2D eigenvalue weighted by molar-refractivity contribution is -0.118. The van der Waals surface area contributed by atoms with Crippen LogP contribution in [-0.4, -0.2) is 25.5 Å². The van der Waals surface area contributed by atoms with Crippen molar-refractivity contribution in [3.05, 3.63) is 53.1 Å². The molecule has 0 saturated heterocycles. The fraction of sp³-hybridized carbons (Fsp3) is 0.300. The van der Waals surface area contributed by atoms with Crippen LogP contribution in [0.4, 0.5) is 5.69 Å². The number of nitrogens with two attached hydrogens (primary N) is 1. The van der Waals surface area contributed by atoms with E-state index < -0.39 is 5.91 Å². The second-order valence-electron chi connectivity index (χ2n) is 5.70. The van der Waals surface area contributed by atoms with Crippen LogP contribution < -0.4 is 20.5 Å². The van der Waals surface area contributed by atoms with E-state index >= 15 is 0 Å². The van der Waals surface area contributed by atoms with Crippen LogP contribution in [-0.2, 0) is 17.6 Å². The van der Waals surface area contributed by atoms with Gasteiger partial charge in [0.05, 0.1) is 12.7 Å². The van der Waals surface area contributed by atoms with Crippen LogP contribution in [0.2, 0.25) is 0 Å². The van der Waals surface area contributed by atoms with Crippen molar-refractivity contribution in [2.24, 2.45) is 5.73 Å². The van der Waals surface area contributed by atoms with Gasteiger partial charge < -0.3 is 20.5 Å². The Bertz CT molecular complexity index is 780. The van der Waals surface area contributed by atoms with Crippen LogP contribution in [0, 0.1) is 0 Å². The van der Waals surface area contributed by atoms with Crippen molar-refractivity contribution in [3.8, 4) is 11.5 Å². The van der Waals surface area contributed by atoms with Gasteiger partial charge in [-0.05, 0) is 36.1 Å². The largest absolute Gasteiger partial charge is 0.493 e. The first-order chi connectivity index (χ1) is 12.5. The minimum Gasteiger partial charge on any atom is -0.493 e. The highest BCUT2D eigenvalue weighted by atomic mass is 16.5. The maximum absolute atomic E-state index is 12.4. The number of primary amides is 1. The summed E-state index contributed by atoms with van der Waals surface area (Å²) in [5.74, 6) is -0.458. The monoisotopic (exact) mass is 356 g/mol. The van der Waals surface area contributed by atoms with Crippen molar-refractivity contribution in [1.29, 1.82) is 0 Å². The zero-order valence-corrected chi connectivity index (χ0v) is 15.3. The van der Waals surface area contributed by atoms with Crippen molar-refractivity contribution in [2.75, 3.05) is 19.0 Å². The molecule has 6 heteroatoms. The summed E-state index contributed by atoms with van der Waals surface area (Å²) in [5, 5.41) is 2.92. The molecule has 0 aliphatic rings. The predicted octanol–water partition coefficient (Wildman–Crippen LogP) is 2.94. The van der Waals surface area contributed by atoms with Gasteiger partial charge in [-0.2, -0.15) is 0 Å². The van der Waals surface area contributed by atoms with Crippen LogP contribution in [0.3, 0.4) is 0 Å². The van der Waals surface area contributed by atoms with Crippen molar-refractivity contribution in [2.45, 2.75) is 26.7 Å². The van der Waals surface area contributed by atoms with Crippen molar-refractivity contribution in [1.82, 2.24) is 0 Å². The molecule has 2 rings (SSSR count). The number of carbonyl (C=O) groups excluding carboxylic acids is 2. The summed E-state index contributed by atoms with van der Waals surface area (Å²) < 4.78 is 10.8. The van der Waals surface area contributed by atoms with E-state index in [4.69, 9.17) is 15.2 Å². The fourth-order valence-electron chi connectivity index (χ4n) is 2.74. The summed E-state index contributed by atoms with van der Waals surface area (Å²) in [7, 11) is 1.46. The quantitative estimate of drug-likeness (QED) is 0.761. The summed E-state index contributed by atoms with van der Waals surface area (Å²) >= 11 is 0. The Labute approximate surface area is 153 Å². The second-order valence-corrected chi connectivity index (χ2v) is 5.70. The van der Waals surface area contributed by atoms with Gasteiger partial charge in [-0.1, -0.05) is 38.1 Å². The molecule has 138 valence electrons. The third-order valence-electron chi connectivity index (χ3n) is 4.08. The minimum absolute atomic E-state index is 0.164. The van der Waals surface area contributed by atoms with Crippen LogP contribution in [0.5, 0.6) is 11.5 Å². The molecule has 0 radical (unpaired) electrons. The van der Waals surface area contributed by atoms with Gasteiger partial charge in [0.1, 0.15) is 0 Å². The average Bonchev–Trinajstić information content (AvgIpc) is 2.65. The van der Waals surface area contributed by atoms with Gasteiger partial charge in [0, 0.05) is 5.69 Å². The highest BCUT2D eigenvalue weighted by Crippen LogP contribution is 2.31. The Kier molecular flexibility index (Phi) is 6.60. The van der Waals surface area contributed by atoms with Crippen molar-refractivity contribution < 1.29 is 19.1 Å². The highest BCUT2D eigenvalue weighted by Gasteiger charge is 2.17. The molecule has 0 spiro atoms. The molecule has 0 bridgehead atoms. The Morgan fingerprint density at radius 3 is 2.19 bits per heavy atom. The molecule has 0 aliphatic heterocycles. The van der Waals surface area contributed by atoms with E-state index in [9.17, 15) is 9.59 Å². The summed E-state index contributed by atoms with van der Waals surface area (Å²) in [4.78, 5) is 24.0. The van der Waals surface area contributed by atoms with E-state index in [0.29, 0.717) is 5.75 Å². The third kappa shape index (κ3) is 4.33. The summed E-state index contributed by atoms with van der Waals surface area (Å²) in [6, 6.07) is 10.8. The van der Waals surface area contributed by atoms with Gasteiger partial charge in [-0.15, -0.1) is 0 Å². The summed E-state index contributed by atoms with van der Waals surface area (Å²) in [5.41, 5.74) is 8.48. The fourth-order valence-corrected chi connectivity index (χ4v) is 2.74. The number of carbonyl (C=O) groups is 2. The van der Waals surface area contributed by atoms with Gasteiger partial charge in [0.25, 0.3) is 11.8 Å². The number of anilines is 1. The number of hydrogen-bond donors (Lipinski definition) is 2. The first-order valence-corrected chi connectivity index (χ1v) is 8.52. The number of methoxy groups -OCH3 is 1. The highest BCUT2D eigenvalue weighted by molar-refractivity contribution is 5.97. The smallest absolute Gasteiger partial charge is 0.262 e. The molecule has 2 amide bonds. The number of ether oxygens (including phenoxy) is 2. The molecular formula is C20H24N2O4. The van der Waals surface area contributed by atoms with Crippen molar-refractivity contribution in [3.63, 3.8) is 0 Å². The standard InChI is InChI=1S/C20H24N2O4/c1-4-13-8-6-9-14(5-2)18(13)22-17(23)12-26-19-15(20(21)24)10-7-11-16(19)25-3/h6-11H,4-5,12H2,1-3H3,(H2,21,24)(H,22,23). The van der Waals surface area contributed by atoms with E-state index in [0.717, 1.165) is 29.7 Å². The molecule has 0 fully saturated rings. The minimum atomic E-state index is -0.649. The number of amides is 2. The number of benzene rings is 2. The Morgan fingerprint density at radius 2 is 1.65 bits per heavy atom. The molecule has 6 nitrogen and oxygen atoms in total. The molecule has 2 aromatic carbocycles.